The van der Waals surface area contributed by atoms with Crippen LogP contribution in [-0.2, 0) is 0 Å². The van der Waals surface area contributed by atoms with Crippen LogP contribution in [0.2, 0.25) is 0 Å². The molecule has 1 amide bonds. The van der Waals surface area contributed by atoms with Gasteiger partial charge in [0.15, 0.2) is 0 Å². The predicted octanol–water partition coefficient (Wildman–Crippen LogP) is 4.16. The number of nitrogens with one attached hydrogen (secondary N) is 1. The third-order valence-electron chi connectivity index (χ3n) is 4.56. The van der Waals surface area contributed by atoms with Crippen LogP contribution in [0.3, 0.4) is 0 Å². The maximum atomic E-state index is 12.7. The molecule has 0 bridgehead atoms. The van der Waals surface area contributed by atoms with E-state index in [2.05, 4.69) is 15.5 Å². The van der Waals surface area contributed by atoms with E-state index >= 15 is 0 Å². The highest BCUT2D eigenvalue weighted by Crippen LogP contribution is 2.26. The monoisotopic (exact) mass is 380 g/mol. The van der Waals surface area contributed by atoms with Gasteiger partial charge < -0.3 is 9.84 Å². The summed E-state index contributed by atoms with van der Waals surface area (Å²) in [6.07, 6.45) is 0.767. The Bertz CT molecular complexity index is 971. The zero-order chi connectivity index (χ0) is 20.1. The Hall–Kier alpha value is -3.55. The van der Waals surface area contributed by atoms with Crippen LogP contribution in [0, 0.1) is 16.0 Å². The number of aromatic nitrogens is 2. The standard InChI is InChI=1S/C20H20N4O4/c1-3-13(2)17(20-22-18(23-28-20)14-8-5-4-6-9-14)21-19(25)15-10-7-11-16(12-15)24(26)27/h4-13,17H,3H2,1-2H3,(H,21,25). The van der Waals surface area contributed by atoms with E-state index < -0.39 is 16.9 Å². The average Bonchev–Trinajstić information content (AvgIpc) is 3.22. The fourth-order valence-corrected chi connectivity index (χ4v) is 2.73. The number of nitro benzene ring substituents is 1. The van der Waals surface area contributed by atoms with Gasteiger partial charge in [0.2, 0.25) is 11.7 Å². The highest BCUT2D eigenvalue weighted by Gasteiger charge is 2.27. The van der Waals surface area contributed by atoms with Crippen LogP contribution in [-0.4, -0.2) is 21.0 Å². The first kappa shape index (κ1) is 19.2. The molecule has 0 spiro atoms. The average molecular weight is 380 g/mol. The summed E-state index contributed by atoms with van der Waals surface area (Å²) >= 11 is 0. The molecule has 3 aromatic rings. The van der Waals surface area contributed by atoms with Crippen LogP contribution in [0.5, 0.6) is 0 Å². The van der Waals surface area contributed by atoms with Crippen molar-refractivity contribution in [3.8, 4) is 11.4 Å². The third-order valence-corrected chi connectivity index (χ3v) is 4.56. The Morgan fingerprint density at radius 1 is 1.21 bits per heavy atom. The zero-order valence-electron chi connectivity index (χ0n) is 15.5. The van der Waals surface area contributed by atoms with Gasteiger partial charge in [-0.25, -0.2) is 0 Å². The summed E-state index contributed by atoms with van der Waals surface area (Å²) in [5, 5.41) is 17.8. The second kappa shape index (κ2) is 8.43. The maximum Gasteiger partial charge on any atom is 0.270 e. The summed E-state index contributed by atoms with van der Waals surface area (Å²) in [6, 6.07) is 14.5. The van der Waals surface area contributed by atoms with Crippen molar-refractivity contribution in [1.82, 2.24) is 15.5 Å². The highest BCUT2D eigenvalue weighted by atomic mass is 16.6. The van der Waals surface area contributed by atoms with E-state index in [1.54, 1.807) is 0 Å². The summed E-state index contributed by atoms with van der Waals surface area (Å²) in [5.74, 6) is 0.320. The van der Waals surface area contributed by atoms with Gasteiger partial charge in [0.05, 0.1) is 4.92 Å². The molecule has 0 aliphatic heterocycles. The Balaban J connectivity index is 1.85. The minimum atomic E-state index is -0.535. The molecular formula is C20H20N4O4. The number of carbonyl (C=O) groups is 1. The molecule has 1 aromatic heterocycles. The normalized spacial score (nSPS) is 12.9. The van der Waals surface area contributed by atoms with Gasteiger partial charge in [-0.05, 0) is 12.0 Å². The molecule has 8 nitrogen and oxygen atoms in total. The highest BCUT2D eigenvalue weighted by molar-refractivity contribution is 5.95. The number of nitro groups is 1. The molecule has 2 aromatic carbocycles. The SMILES string of the molecule is CCC(C)C(NC(=O)c1cccc([N+](=O)[O-])c1)c1nc(-c2ccccc2)no1. The molecule has 144 valence electrons. The molecule has 0 fully saturated rings. The predicted molar refractivity (Wildman–Crippen MR) is 102 cm³/mol. The van der Waals surface area contributed by atoms with Gasteiger partial charge in [0.1, 0.15) is 6.04 Å². The molecule has 0 saturated heterocycles. The number of non-ortho nitro benzene ring substituents is 1. The van der Waals surface area contributed by atoms with Gasteiger partial charge in [-0.2, -0.15) is 4.98 Å². The number of amides is 1. The van der Waals surface area contributed by atoms with Crippen LogP contribution in [0.1, 0.15) is 42.6 Å². The first-order valence-electron chi connectivity index (χ1n) is 8.94. The fourth-order valence-electron chi connectivity index (χ4n) is 2.73. The van der Waals surface area contributed by atoms with Crippen molar-refractivity contribution >= 4 is 11.6 Å². The summed E-state index contributed by atoms with van der Waals surface area (Å²) in [5.41, 5.74) is 0.868. The smallest absolute Gasteiger partial charge is 0.270 e. The number of carbonyl (C=O) groups excluding carboxylic acids is 1. The Morgan fingerprint density at radius 2 is 1.96 bits per heavy atom. The largest absolute Gasteiger partial charge is 0.340 e. The quantitative estimate of drug-likeness (QED) is 0.486. The van der Waals surface area contributed by atoms with Crippen molar-refractivity contribution in [2.75, 3.05) is 0 Å². The molecule has 0 saturated carbocycles. The first-order chi connectivity index (χ1) is 13.5. The van der Waals surface area contributed by atoms with Crippen LogP contribution >= 0.6 is 0 Å². The second-order valence-corrected chi connectivity index (χ2v) is 6.47. The van der Waals surface area contributed by atoms with Crippen molar-refractivity contribution in [2.24, 2.45) is 5.92 Å². The summed E-state index contributed by atoms with van der Waals surface area (Å²) in [7, 11) is 0. The molecule has 0 aliphatic carbocycles. The van der Waals surface area contributed by atoms with E-state index in [-0.39, 0.29) is 17.2 Å². The summed E-state index contributed by atoms with van der Waals surface area (Å²) in [4.78, 5) is 27.5. The van der Waals surface area contributed by atoms with Gasteiger partial charge in [0, 0.05) is 23.3 Å². The first-order valence-corrected chi connectivity index (χ1v) is 8.94. The van der Waals surface area contributed by atoms with Crippen molar-refractivity contribution in [2.45, 2.75) is 26.3 Å². The summed E-state index contributed by atoms with van der Waals surface area (Å²) in [6.45, 7) is 3.95. The van der Waals surface area contributed by atoms with E-state index in [9.17, 15) is 14.9 Å². The molecule has 2 atom stereocenters. The Morgan fingerprint density at radius 3 is 2.64 bits per heavy atom. The molecule has 3 rings (SSSR count). The lowest BCUT2D eigenvalue weighted by Crippen LogP contribution is -2.32. The van der Waals surface area contributed by atoms with E-state index in [0.717, 1.165) is 12.0 Å². The van der Waals surface area contributed by atoms with Crippen LogP contribution < -0.4 is 5.32 Å². The molecule has 0 aliphatic rings. The van der Waals surface area contributed by atoms with Gasteiger partial charge in [-0.1, -0.05) is 61.8 Å². The molecule has 0 radical (unpaired) electrons. The van der Waals surface area contributed by atoms with Gasteiger partial charge >= 0.3 is 0 Å². The molecule has 8 heteroatoms. The van der Waals surface area contributed by atoms with E-state index in [0.29, 0.717) is 11.7 Å². The molecular weight excluding hydrogens is 360 g/mol. The van der Waals surface area contributed by atoms with Gasteiger partial charge in [-0.3, -0.25) is 14.9 Å². The zero-order valence-corrected chi connectivity index (χ0v) is 15.5. The van der Waals surface area contributed by atoms with E-state index in [1.807, 2.05) is 44.2 Å². The van der Waals surface area contributed by atoms with Crippen molar-refractivity contribution in [3.05, 3.63) is 76.2 Å². The molecule has 28 heavy (non-hydrogen) atoms. The van der Waals surface area contributed by atoms with Gasteiger partial charge in [-0.15, -0.1) is 0 Å². The Labute approximate surface area is 161 Å². The van der Waals surface area contributed by atoms with Gasteiger partial charge in [0.25, 0.3) is 11.6 Å². The van der Waals surface area contributed by atoms with E-state index in [4.69, 9.17) is 4.52 Å². The lowest BCUT2D eigenvalue weighted by molar-refractivity contribution is -0.384. The number of hydrogen-bond acceptors (Lipinski definition) is 6. The third kappa shape index (κ3) is 4.22. The minimum absolute atomic E-state index is 0.0201. The molecule has 2 unspecified atom stereocenters. The maximum absolute atomic E-state index is 12.7. The van der Waals surface area contributed by atoms with Crippen molar-refractivity contribution < 1.29 is 14.2 Å². The second-order valence-electron chi connectivity index (χ2n) is 6.47. The number of benzene rings is 2. The lowest BCUT2D eigenvalue weighted by Gasteiger charge is -2.20. The molecule has 1 heterocycles. The van der Waals surface area contributed by atoms with Crippen molar-refractivity contribution in [3.63, 3.8) is 0 Å². The van der Waals surface area contributed by atoms with E-state index in [1.165, 1.54) is 24.3 Å². The number of hydrogen-bond donors (Lipinski definition) is 1. The van der Waals surface area contributed by atoms with Crippen molar-refractivity contribution in [1.29, 1.82) is 0 Å². The Kier molecular flexibility index (Phi) is 5.78. The lowest BCUT2D eigenvalue weighted by atomic mass is 9.98. The van der Waals surface area contributed by atoms with Crippen LogP contribution in [0.4, 0.5) is 5.69 Å². The van der Waals surface area contributed by atoms with Crippen LogP contribution in [0.15, 0.2) is 59.1 Å². The fraction of sp³-hybridized carbons (Fsp3) is 0.250. The summed E-state index contributed by atoms with van der Waals surface area (Å²) < 4.78 is 5.42. The topological polar surface area (TPSA) is 111 Å². The minimum Gasteiger partial charge on any atom is -0.340 e. The van der Waals surface area contributed by atoms with Crippen LogP contribution in [0.25, 0.3) is 11.4 Å². The number of rotatable bonds is 7. The molecule has 1 N–H and O–H groups in total. The number of nitrogens with zero attached hydrogens (tertiary/aromatic N) is 3.